The van der Waals surface area contributed by atoms with Gasteiger partial charge in [0.05, 0.1) is 16.7 Å². The molecule has 86 valence electrons. The third-order valence-electron chi connectivity index (χ3n) is 2.39. The molecule has 0 radical (unpaired) electrons. The van der Waals surface area contributed by atoms with Crippen LogP contribution in [0.2, 0.25) is 5.02 Å². The second-order valence-corrected chi connectivity index (χ2v) is 4.02. The first-order valence-corrected chi connectivity index (χ1v) is 4.98. The molecular formula is C10H8ClF2NO2. The normalized spacial score (nSPS) is 16.1. The van der Waals surface area contributed by atoms with Gasteiger partial charge in [0.1, 0.15) is 11.6 Å². The van der Waals surface area contributed by atoms with Gasteiger partial charge in [-0.15, -0.1) is 0 Å². The molecule has 3 nitrogen and oxygen atoms in total. The van der Waals surface area contributed by atoms with Crippen molar-refractivity contribution in [2.24, 2.45) is 0 Å². The SMILES string of the molecule is O=C(c1cc(F)c(Cl)cc1F)N1CC(O)C1. The third-order valence-corrected chi connectivity index (χ3v) is 2.68. The zero-order chi connectivity index (χ0) is 11.9. The van der Waals surface area contributed by atoms with Crippen LogP contribution in [0.5, 0.6) is 0 Å². The third kappa shape index (κ3) is 1.88. The highest BCUT2D eigenvalue weighted by atomic mass is 35.5. The van der Waals surface area contributed by atoms with Crippen molar-refractivity contribution < 1.29 is 18.7 Å². The summed E-state index contributed by atoms with van der Waals surface area (Å²) in [5, 5.41) is 8.64. The van der Waals surface area contributed by atoms with Crippen LogP contribution in [0.15, 0.2) is 12.1 Å². The van der Waals surface area contributed by atoms with Gasteiger partial charge in [-0.3, -0.25) is 4.79 Å². The molecule has 1 heterocycles. The molecule has 1 aromatic carbocycles. The van der Waals surface area contributed by atoms with Crippen LogP contribution >= 0.6 is 11.6 Å². The Bertz CT molecular complexity index is 447. The van der Waals surface area contributed by atoms with E-state index in [1.165, 1.54) is 4.90 Å². The molecule has 1 aliphatic heterocycles. The predicted octanol–water partition coefficient (Wildman–Crippen LogP) is 1.43. The number of β-amino-alcohol motifs (C(OH)–C–C–N with tert-alkyl or cyclic N) is 1. The minimum atomic E-state index is -0.863. The molecule has 2 rings (SSSR count). The van der Waals surface area contributed by atoms with E-state index in [0.29, 0.717) is 0 Å². The summed E-state index contributed by atoms with van der Waals surface area (Å²) in [6.45, 7) is 0.283. The molecule has 16 heavy (non-hydrogen) atoms. The highest BCUT2D eigenvalue weighted by Crippen LogP contribution is 2.22. The summed E-state index contributed by atoms with van der Waals surface area (Å²) in [6.07, 6.45) is -0.579. The average Bonchev–Trinajstić information content (AvgIpc) is 2.18. The second-order valence-electron chi connectivity index (χ2n) is 3.61. The van der Waals surface area contributed by atoms with Crippen LogP contribution in [-0.2, 0) is 0 Å². The number of benzene rings is 1. The molecule has 0 spiro atoms. The van der Waals surface area contributed by atoms with Gasteiger partial charge in [0.15, 0.2) is 0 Å². The van der Waals surface area contributed by atoms with Crippen molar-refractivity contribution in [3.05, 3.63) is 34.4 Å². The molecule has 1 aliphatic rings. The maximum absolute atomic E-state index is 13.3. The number of hydrogen-bond donors (Lipinski definition) is 1. The van der Waals surface area contributed by atoms with Gasteiger partial charge >= 0.3 is 0 Å². The standard InChI is InChI=1S/C10H8ClF2NO2/c11-7-2-8(12)6(1-9(7)13)10(16)14-3-5(15)4-14/h1-2,5,15H,3-4H2. The number of carbonyl (C=O) groups is 1. The average molecular weight is 248 g/mol. The fraction of sp³-hybridized carbons (Fsp3) is 0.300. The molecule has 1 aromatic rings. The van der Waals surface area contributed by atoms with E-state index in [9.17, 15) is 13.6 Å². The van der Waals surface area contributed by atoms with Gasteiger partial charge in [-0.1, -0.05) is 11.6 Å². The number of aliphatic hydroxyl groups is 1. The molecule has 0 unspecified atom stereocenters. The van der Waals surface area contributed by atoms with E-state index in [0.717, 1.165) is 12.1 Å². The van der Waals surface area contributed by atoms with Crippen molar-refractivity contribution in [2.45, 2.75) is 6.10 Å². The largest absolute Gasteiger partial charge is 0.389 e. The lowest BCUT2D eigenvalue weighted by atomic mass is 10.1. The molecular weight excluding hydrogens is 240 g/mol. The predicted molar refractivity (Wildman–Crippen MR) is 53.3 cm³/mol. The first-order chi connectivity index (χ1) is 7.49. The smallest absolute Gasteiger partial charge is 0.257 e. The van der Waals surface area contributed by atoms with Crippen molar-refractivity contribution in [1.29, 1.82) is 0 Å². The monoisotopic (exact) mass is 247 g/mol. The number of hydrogen-bond acceptors (Lipinski definition) is 2. The first kappa shape index (κ1) is 11.3. The summed E-state index contributed by atoms with van der Waals surface area (Å²) in [4.78, 5) is 12.9. The van der Waals surface area contributed by atoms with Gasteiger partial charge in [-0.05, 0) is 12.1 Å². The van der Waals surface area contributed by atoms with E-state index in [1.54, 1.807) is 0 Å². The number of halogens is 3. The molecule has 1 fully saturated rings. The van der Waals surface area contributed by atoms with Crippen molar-refractivity contribution in [3.63, 3.8) is 0 Å². The summed E-state index contributed by atoms with van der Waals surface area (Å²) in [5.41, 5.74) is -0.367. The van der Waals surface area contributed by atoms with Crippen LogP contribution in [-0.4, -0.2) is 35.1 Å². The van der Waals surface area contributed by atoms with Crippen molar-refractivity contribution in [3.8, 4) is 0 Å². The second kappa shape index (κ2) is 3.99. The van der Waals surface area contributed by atoms with Crippen LogP contribution in [0.3, 0.4) is 0 Å². The highest BCUT2D eigenvalue weighted by molar-refractivity contribution is 6.30. The van der Waals surface area contributed by atoms with E-state index >= 15 is 0 Å². The Kier molecular flexibility index (Phi) is 2.82. The topological polar surface area (TPSA) is 40.5 Å². The first-order valence-electron chi connectivity index (χ1n) is 4.61. The zero-order valence-corrected chi connectivity index (χ0v) is 8.84. The summed E-state index contributed by atoms with van der Waals surface area (Å²) < 4.78 is 26.4. The number of likely N-dealkylation sites (tertiary alicyclic amines) is 1. The Morgan fingerprint density at radius 1 is 1.38 bits per heavy atom. The van der Waals surface area contributed by atoms with Gasteiger partial charge in [0.2, 0.25) is 0 Å². The molecule has 6 heteroatoms. The van der Waals surface area contributed by atoms with E-state index in [-0.39, 0.29) is 23.7 Å². The van der Waals surface area contributed by atoms with Crippen molar-refractivity contribution >= 4 is 17.5 Å². The van der Waals surface area contributed by atoms with Gasteiger partial charge < -0.3 is 10.0 Å². The Morgan fingerprint density at radius 3 is 2.56 bits per heavy atom. The van der Waals surface area contributed by atoms with Gasteiger partial charge in [-0.2, -0.15) is 0 Å². The minimum Gasteiger partial charge on any atom is -0.389 e. The van der Waals surface area contributed by atoms with E-state index < -0.39 is 23.6 Å². The summed E-state index contributed by atoms with van der Waals surface area (Å²) in [7, 11) is 0. The number of carbonyl (C=O) groups excluding carboxylic acids is 1. The maximum atomic E-state index is 13.3. The molecule has 0 saturated carbocycles. The van der Waals surface area contributed by atoms with Crippen LogP contribution in [0.25, 0.3) is 0 Å². The lowest BCUT2D eigenvalue weighted by molar-refractivity contribution is 0.00556. The van der Waals surface area contributed by atoms with Gasteiger partial charge in [0, 0.05) is 13.1 Å². The quantitative estimate of drug-likeness (QED) is 0.763. The highest BCUT2D eigenvalue weighted by Gasteiger charge is 2.31. The van der Waals surface area contributed by atoms with Crippen molar-refractivity contribution in [2.75, 3.05) is 13.1 Å². The Morgan fingerprint density at radius 2 is 2.00 bits per heavy atom. The lowest BCUT2D eigenvalue weighted by Crippen LogP contribution is -2.53. The van der Waals surface area contributed by atoms with Gasteiger partial charge in [-0.25, -0.2) is 8.78 Å². The Hall–Kier alpha value is -1.20. The summed E-state index contributed by atoms with van der Waals surface area (Å²) >= 11 is 5.36. The number of aliphatic hydroxyl groups excluding tert-OH is 1. The minimum absolute atomic E-state index is 0.141. The number of amides is 1. The van der Waals surface area contributed by atoms with E-state index in [2.05, 4.69) is 0 Å². The molecule has 1 amide bonds. The molecule has 0 bridgehead atoms. The molecule has 1 N–H and O–H groups in total. The van der Waals surface area contributed by atoms with Gasteiger partial charge in [0.25, 0.3) is 5.91 Å². The Labute approximate surface area is 95.2 Å². The van der Waals surface area contributed by atoms with E-state index in [4.69, 9.17) is 16.7 Å². The summed E-state index contributed by atoms with van der Waals surface area (Å²) in [6, 6.07) is 1.53. The van der Waals surface area contributed by atoms with Crippen LogP contribution in [0.4, 0.5) is 8.78 Å². The maximum Gasteiger partial charge on any atom is 0.257 e. The molecule has 0 atom stereocenters. The molecule has 0 aliphatic carbocycles. The molecule has 0 aromatic heterocycles. The fourth-order valence-electron chi connectivity index (χ4n) is 1.48. The number of rotatable bonds is 1. The van der Waals surface area contributed by atoms with Crippen LogP contribution < -0.4 is 0 Å². The lowest BCUT2D eigenvalue weighted by Gasteiger charge is -2.35. The zero-order valence-electron chi connectivity index (χ0n) is 8.08. The van der Waals surface area contributed by atoms with Crippen LogP contribution in [0, 0.1) is 11.6 Å². The Balaban J connectivity index is 2.27. The summed E-state index contributed by atoms with van der Waals surface area (Å²) in [5.74, 6) is -2.34. The fourth-order valence-corrected chi connectivity index (χ4v) is 1.63. The molecule has 1 saturated heterocycles. The van der Waals surface area contributed by atoms with E-state index in [1.807, 2.05) is 0 Å². The van der Waals surface area contributed by atoms with Crippen LogP contribution in [0.1, 0.15) is 10.4 Å². The van der Waals surface area contributed by atoms with Crippen molar-refractivity contribution in [1.82, 2.24) is 4.90 Å². The number of nitrogens with zero attached hydrogens (tertiary/aromatic N) is 1.